The minimum Gasteiger partial charge on any atom is -0.507 e. The van der Waals surface area contributed by atoms with Crippen LogP contribution < -0.4 is 16.0 Å². The molecule has 0 bridgehead atoms. The molecule has 2 aromatic heterocycles. The number of aromatic nitrogens is 4. The molecule has 0 unspecified atom stereocenters. The SMILES string of the molecule is CN[C@@H]1CCCCN(c2cc(-c3ccccc3O)nnc2N)C1.Cc1ccnc(C#CCN(C)C)n1. The van der Waals surface area contributed by atoms with Crippen LogP contribution in [0.3, 0.4) is 0 Å². The quantitative estimate of drug-likeness (QED) is 0.477. The van der Waals surface area contributed by atoms with Crippen molar-refractivity contribution in [1.29, 1.82) is 0 Å². The summed E-state index contributed by atoms with van der Waals surface area (Å²) in [7, 11) is 5.95. The summed E-state index contributed by atoms with van der Waals surface area (Å²) in [5, 5.41) is 21.7. The number of anilines is 2. The maximum Gasteiger partial charge on any atom is 0.205 e. The average molecular weight is 489 g/mol. The molecule has 1 aliphatic heterocycles. The number of phenolic OH excluding ortho intramolecular Hbond substituents is 1. The molecule has 1 saturated heterocycles. The maximum absolute atomic E-state index is 10.0. The highest BCUT2D eigenvalue weighted by molar-refractivity contribution is 5.74. The minimum atomic E-state index is 0.196. The van der Waals surface area contributed by atoms with Crippen molar-refractivity contribution < 1.29 is 5.11 Å². The summed E-state index contributed by atoms with van der Waals surface area (Å²) >= 11 is 0. The van der Waals surface area contributed by atoms with Gasteiger partial charge in [-0.15, -0.1) is 10.2 Å². The number of benzene rings is 1. The van der Waals surface area contributed by atoms with Gasteiger partial charge in [-0.3, -0.25) is 4.90 Å². The predicted molar refractivity (Wildman–Crippen MR) is 145 cm³/mol. The van der Waals surface area contributed by atoms with Crippen molar-refractivity contribution >= 4 is 11.5 Å². The van der Waals surface area contributed by atoms with Gasteiger partial charge in [-0.2, -0.15) is 0 Å². The zero-order valence-corrected chi connectivity index (χ0v) is 21.6. The molecule has 9 nitrogen and oxygen atoms in total. The second kappa shape index (κ2) is 13.4. The molecule has 0 saturated carbocycles. The van der Waals surface area contributed by atoms with Crippen LogP contribution in [0.15, 0.2) is 42.6 Å². The van der Waals surface area contributed by atoms with Crippen molar-refractivity contribution in [2.75, 3.05) is 51.4 Å². The smallest absolute Gasteiger partial charge is 0.205 e. The Morgan fingerprint density at radius 3 is 2.72 bits per heavy atom. The van der Waals surface area contributed by atoms with Crippen molar-refractivity contribution in [3.05, 3.63) is 54.1 Å². The summed E-state index contributed by atoms with van der Waals surface area (Å²) in [5.41, 5.74) is 9.22. The Balaban J connectivity index is 0.000000236. The van der Waals surface area contributed by atoms with Crippen molar-refractivity contribution in [2.45, 2.75) is 32.2 Å². The normalized spacial score (nSPS) is 15.4. The van der Waals surface area contributed by atoms with Crippen LogP contribution in [0.2, 0.25) is 0 Å². The Bertz CT molecular complexity index is 1190. The first-order chi connectivity index (χ1) is 17.4. The molecule has 0 amide bonds. The molecule has 36 heavy (non-hydrogen) atoms. The Hall–Kier alpha value is -3.74. The molecule has 4 rings (SSSR count). The molecule has 1 aliphatic rings. The van der Waals surface area contributed by atoms with E-state index in [2.05, 4.69) is 42.2 Å². The zero-order chi connectivity index (χ0) is 25.9. The lowest BCUT2D eigenvalue weighted by molar-refractivity contribution is 0.464. The first-order valence-electron chi connectivity index (χ1n) is 12.1. The van der Waals surface area contributed by atoms with Crippen LogP contribution in [-0.2, 0) is 0 Å². The van der Waals surface area contributed by atoms with Crippen LogP contribution >= 0.6 is 0 Å². The summed E-state index contributed by atoms with van der Waals surface area (Å²) in [6.07, 6.45) is 5.22. The number of para-hydroxylation sites is 1. The van der Waals surface area contributed by atoms with Gasteiger partial charge < -0.3 is 21.1 Å². The van der Waals surface area contributed by atoms with E-state index in [1.165, 1.54) is 6.42 Å². The third kappa shape index (κ3) is 7.90. The van der Waals surface area contributed by atoms with E-state index in [1.807, 2.05) is 57.2 Å². The average Bonchev–Trinajstić information content (AvgIpc) is 3.11. The number of hydrogen-bond acceptors (Lipinski definition) is 9. The number of rotatable bonds is 4. The largest absolute Gasteiger partial charge is 0.507 e. The number of nitrogens with one attached hydrogen (secondary N) is 1. The highest BCUT2D eigenvalue weighted by atomic mass is 16.3. The fourth-order valence-corrected chi connectivity index (χ4v) is 3.85. The molecule has 3 aromatic rings. The van der Waals surface area contributed by atoms with Gasteiger partial charge in [0.2, 0.25) is 5.82 Å². The van der Waals surface area contributed by atoms with Gasteiger partial charge in [-0.25, -0.2) is 9.97 Å². The highest BCUT2D eigenvalue weighted by Crippen LogP contribution is 2.32. The van der Waals surface area contributed by atoms with E-state index < -0.39 is 0 Å². The van der Waals surface area contributed by atoms with Crippen molar-refractivity contribution in [3.63, 3.8) is 0 Å². The Morgan fingerprint density at radius 2 is 2.00 bits per heavy atom. The lowest BCUT2D eigenvalue weighted by Crippen LogP contribution is -2.38. The summed E-state index contributed by atoms with van der Waals surface area (Å²) in [6.45, 7) is 4.51. The lowest BCUT2D eigenvalue weighted by Gasteiger charge is -2.27. The molecule has 0 spiro atoms. The highest BCUT2D eigenvalue weighted by Gasteiger charge is 2.20. The first kappa shape index (κ1) is 26.9. The first-order valence-corrected chi connectivity index (χ1v) is 12.1. The molecule has 0 aliphatic carbocycles. The van der Waals surface area contributed by atoms with Crippen LogP contribution in [-0.4, -0.2) is 77.0 Å². The molecule has 190 valence electrons. The zero-order valence-electron chi connectivity index (χ0n) is 21.6. The van der Waals surface area contributed by atoms with E-state index in [9.17, 15) is 5.11 Å². The number of aromatic hydroxyl groups is 1. The van der Waals surface area contributed by atoms with Gasteiger partial charge in [-0.05, 0) is 71.1 Å². The second-order valence-corrected chi connectivity index (χ2v) is 9.01. The van der Waals surface area contributed by atoms with E-state index >= 15 is 0 Å². The van der Waals surface area contributed by atoms with Crippen LogP contribution in [0.25, 0.3) is 11.3 Å². The molecule has 1 atom stereocenters. The number of aryl methyl sites for hydroxylation is 1. The van der Waals surface area contributed by atoms with E-state index in [1.54, 1.807) is 18.3 Å². The molecule has 1 aromatic carbocycles. The maximum atomic E-state index is 10.0. The molecule has 0 radical (unpaired) electrons. The van der Waals surface area contributed by atoms with Gasteiger partial charge >= 0.3 is 0 Å². The summed E-state index contributed by atoms with van der Waals surface area (Å²) in [6, 6.07) is 11.4. The Morgan fingerprint density at radius 1 is 1.19 bits per heavy atom. The number of phenols is 1. The van der Waals surface area contributed by atoms with Crippen LogP contribution in [0, 0.1) is 18.8 Å². The van der Waals surface area contributed by atoms with E-state index in [0.717, 1.165) is 43.9 Å². The predicted octanol–water partition coefficient (Wildman–Crippen LogP) is 2.71. The van der Waals surface area contributed by atoms with Gasteiger partial charge in [0.05, 0.1) is 17.9 Å². The Labute approximate surface area is 213 Å². The molecule has 1 fully saturated rings. The van der Waals surface area contributed by atoms with Crippen molar-refractivity contribution in [1.82, 2.24) is 30.4 Å². The fraction of sp³-hybridized carbons (Fsp3) is 0.407. The number of hydrogen-bond donors (Lipinski definition) is 3. The van der Waals surface area contributed by atoms with Gasteiger partial charge in [-0.1, -0.05) is 24.5 Å². The van der Waals surface area contributed by atoms with E-state index in [-0.39, 0.29) is 5.75 Å². The third-order valence-electron chi connectivity index (χ3n) is 5.79. The molecule has 9 heteroatoms. The van der Waals surface area contributed by atoms with Gasteiger partial charge in [0.25, 0.3) is 0 Å². The number of likely N-dealkylation sites (N-methyl/N-ethyl adjacent to an activating group) is 1. The molecular weight excluding hydrogens is 452 g/mol. The van der Waals surface area contributed by atoms with Gasteiger partial charge in [0.15, 0.2) is 5.82 Å². The van der Waals surface area contributed by atoms with Crippen LogP contribution in [0.1, 0.15) is 30.8 Å². The number of nitrogens with two attached hydrogens (primary N) is 1. The summed E-state index contributed by atoms with van der Waals surface area (Å²) < 4.78 is 0. The van der Waals surface area contributed by atoms with Gasteiger partial charge in [0.1, 0.15) is 5.75 Å². The topological polar surface area (TPSA) is 116 Å². The molecule has 3 heterocycles. The monoisotopic (exact) mass is 488 g/mol. The van der Waals surface area contributed by atoms with Gasteiger partial charge in [0, 0.05) is 36.6 Å². The number of nitrogens with zero attached hydrogens (tertiary/aromatic N) is 6. The summed E-state index contributed by atoms with van der Waals surface area (Å²) in [5.74, 6) is 7.11. The van der Waals surface area contributed by atoms with E-state index in [4.69, 9.17) is 5.73 Å². The lowest BCUT2D eigenvalue weighted by atomic mass is 10.1. The number of nitrogen functional groups attached to an aromatic ring is 1. The van der Waals surface area contributed by atoms with Crippen molar-refractivity contribution in [2.24, 2.45) is 0 Å². The van der Waals surface area contributed by atoms with E-state index in [0.29, 0.717) is 28.9 Å². The standard InChI is InChI=1S/C17H23N5O.C10H13N3/c1-19-12-6-4-5-9-22(11-12)15-10-14(20-21-17(15)18)13-7-2-3-8-16(13)23;1-9-6-7-11-10(12-9)5-4-8-13(2)3/h2-3,7-8,10,12,19,23H,4-6,9,11H2,1H3,(H2,18,21);6-7H,8H2,1-3H3/t12-;/m1./s1. The van der Waals surface area contributed by atoms with Crippen LogP contribution in [0.4, 0.5) is 11.5 Å². The fourth-order valence-electron chi connectivity index (χ4n) is 3.85. The van der Waals surface area contributed by atoms with Crippen molar-refractivity contribution in [3.8, 4) is 28.8 Å². The van der Waals surface area contributed by atoms with Crippen LogP contribution in [0.5, 0.6) is 5.75 Å². The minimum absolute atomic E-state index is 0.196. The second-order valence-electron chi connectivity index (χ2n) is 9.01. The molecule has 4 N–H and O–H groups in total. The Kier molecular flexibility index (Phi) is 9.98. The molecular formula is C27H36N8O. The summed E-state index contributed by atoms with van der Waals surface area (Å²) in [4.78, 5) is 12.5. The third-order valence-corrected chi connectivity index (χ3v) is 5.79.